The molecular formula is C20H27N3O4. The minimum Gasteiger partial charge on any atom is -0.481 e. The Balaban J connectivity index is 1.47. The number of nitrogens with zero attached hydrogens (tertiary/aromatic N) is 2. The summed E-state index contributed by atoms with van der Waals surface area (Å²) in [7, 11) is 0. The van der Waals surface area contributed by atoms with Gasteiger partial charge >= 0.3 is 12.0 Å². The van der Waals surface area contributed by atoms with Gasteiger partial charge in [0.1, 0.15) is 0 Å². The van der Waals surface area contributed by atoms with E-state index in [2.05, 4.69) is 5.32 Å². The molecule has 7 nitrogen and oxygen atoms in total. The van der Waals surface area contributed by atoms with Crippen molar-refractivity contribution in [2.24, 2.45) is 5.92 Å². The summed E-state index contributed by atoms with van der Waals surface area (Å²) in [5.41, 5.74) is 0.995. The quantitative estimate of drug-likeness (QED) is 0.841. The van der Waals surface area contributed by atoms with Gasteiger partial charge in [0.15, 0.2) is 0 Å². The number of aliphatic carboxylic acids is 1. The molecule has 0 saturated carbocycles. The summed E-state index contributed by atoms with van der Waals surface area (Å²) in [4.78, 5) is 39.6. The predicted octanol–water partition coefficient (Wildman–Crippen LogP) is 1.73. The lowest BCUT2D eigenvalue weighted by Gasteiger charge is -2.36. The lowest BCUT2D eigenvalue weighted by Crippen LogP contribution is -2.54. The van der Waals surface area contributed by atoms with Gasteiger partial charge in [0.25, 0.3) is 0 Å². The Labute approximate surface area is 159 Å². The van der Waals surface area contributed by atoms with Crippen LogP contribution in [0.4, 0.5) is 4.79 Å². The number of likely N-dealkylation sites (tertiary alicyclic amines) is 2. The van der Waals surface area contributed by atoms with Crippen LogP contribution in [0.5, 0.6) is 0 Å². The Bertz CT molecular complexity index is 671. The van der Waals surface area contributed by atoms with Gasteiger partial charge in [-0.3, -0.25) is 9.59 Å². The summed E-state index contributed by atoms with van der Waals surface area (Å²) >= 11 is 0. The van der Waals surface area contributed by atoms with Gasteiger partial charge in [0.2, 0.25) is 5.91 Å². The smallest absolute Gasteiger partial charge is 0.317 e. The van der Waals surface area contributed by atoms with E-state index >= 15 is 0 Å². The number of carboxylic acids is 1. The Morgan fingerprint density at radius 2 is 1.70 bits per heavy atom. The molecule has 0 aliphatic carbocycles. The number of benzene rings is 1. The van der Waals surface area contributed by atoms with Crippen molar-refractivity contribution in [2.45, 2.75) is 38.1 Å². The van der Waals surface area contributed by atoms with Crippen LogP contribution in [0.1, 0.15) is 31.2 Å². The fourth-order valence-corrected chi connectivity index (χ4v) is 3.80. The molecule has 2 fully saturated rings. The first kappa shape index (κ1) is 19.2. The first-order valence-electron chi connectivity index (χ1n) is 9.63. The molecule has 1 aromatic rings. The second-order valence-electron chi connectivity index (χ2n) is 7.39. The summed E-state index contributed by atoms with van der Waals surface area (Å²) in [6.07, 6.45) is 3.09. The predicted molar refractivity (Wildman–Crippen MR) is 100 cm³/mol. The SMILES string of the molecule is O=C(O)C1CCN(C(=O)NC2CCCN(C(=O)Cc3ccccc3)C2)CC1. The van der Waals surface area contributed by atoms with Gasteiger partial charge in [-0.05, 0) is 31.2 Å². The van der Waals surface area contributed by atoms with Crippen molar-refractivity contribution in [3.8, 4) is 0 Å². The first-order chi connectivity index (χ1) is 13.0. The number of urea groups is 1. The highest BCUT2D eigenvalue weighted by Crippen LogP contribution is 2.18. The highest BCUT2D eigenvalue weighted by atomic mass is 16.4. The Hall–Kier alpha value is -2.57. The fourth-order valence-electron chi connectivity index (χ4n) is 3.80. The summed E-state index contributed by atoms with van der Waals surface area (Å²) < 4.78 is 0. The molecule has 2 heterocycles. The van der Waals surface area contributed by atoms with Crippen LogP contribution < -0.4 is 5.32 Å². The van der Waals surface area contributed by atoms with Gasteiger partial charge in [-0.15, -0.1) is 0 Å². The molecule has 2 saturated heterocycles. The molecule has 2 aliphatic heterocycles. The Morgan fingerprint density at radius 3 is 2.37 bits per heavy atom. The average Bonchev–Trinajstić information content (AvgIpc) is 2.69. The topological polar surface area (TPSA) is 89.9 Å². The van der Waals surface area contributed by atoms with Crippen molar-refractivity contribution in [1.29, 1.82) is 0 Å². The third kappa shape index (κ3) is 5.21. The summed E-state index contributed by atoms with van der Waals surface area (Å²) in [6, 6.07) is 9.47. The number of rotatable bonds is 4. The molecular weight excluding hydrogens is 346 g/mol. The van der Waals surface area contributed by atoms with Crippen LogP contribution in [0.3, 0.4) is 0 Å². The molecule has 0 bridgehead atoms. The number of amides is 3. The van der Waals surface area contributed by atoms with E-state index in [4.69, 9.17) is 5.11 Å². The second-order valence-corrected chi connectivity index (χ2v) is 7.39. The number of nitrogens with one attached hydrogen (secondary N) is 1. The number of hydrogen-bond donors (Lipinski definition) is 2. The van der Waals surface area contributed by atoms with Crippen molar-refractivity contribution < 1.29 is 19.5 Å². The highest BCUT2D eigenvalue weighted by Gasteiger charge is 2.29. The number of hydrogen-bond acceptors (Lipinski definition) is 3. The maximum absolute atomic E-state index is 12.5. The van der Waals surface area contributed by atoms with Crippen LogP contribution in [0.15, 0.2) is 30.3 Å². The minimum absolute atomic E-state index is 0.0526. The molecule has 0 spiro atoms. The van der Waals surface area contributed by atoms with E-state index in [-0.39, 0.29) is 23.9 Å². The van der Waals surface area contributed by atoms with Gasteiger partial charge in [-0.25, -0.2) is 4.79 Å². The van der Waals surface area contributed by atoms with Crippen molar-refractivity contribution >= 4 is 17.9 Å². The van der Waals surface area contributed by atoms with E-state index in [0.717, 1.165) is 24.9 Å². The molecule has 2 aliphatic rings. The molecule has 0 aromatic heterocycles. The molecule has 7 heteroatoms. The Morgan fingerprint density at radius 1 is 1.00 bits per heavy atom. The van der Waals surface area contributed by atoms with E-state index in [1.165, 1.54) is 0 Å². The molecule has 1 aromatic carbocycles. The van der Waals surface area contributed by atoms with Crippen LogP contribution in [0.2, 0.25) is 0 Å². The standard InChI is InChI=1S/C20H27N3O4/c24-18(13-15-5-2-1-3-6-15)23-10-4-7-17(14-23)21-20(27)22-11-8-16(9-12-22)19(25)26/h1-3,5-6,16-17H,4,7-14H2,(H,21,27)(H,25,26). The van der Waals surface area contributed by atoms with E-state index in [1.807, 2.05) is 35.2 Å². The van der Waals surface area contributed by atoms with Crippen molar-refractivity contribution in [1.82, 2.24) is 15.1 Å². The maximum atomic E-state index is 12.5. The highest BCUT2D eigenvalue weighted by molar-refractivity contribution is 5.79. The molecule has 3 rings (SSSR count). The monoisotopic (exact) mass is 373 g/mol. The van der Waals surface area contributed by atoms with Crippen LogP contribution in [0.25, 0.3) is 0 Å². The number of carboxylic acid groups (broad SMARTS) is 1. The third-order valence-corrected chi connectivity index (χ3v) is 5.43. The summed E-state index contributed by atoms with van der Waals surface area (Å²) in [5, 5.41) is 12.1. The molecule has 27 heavy (non-hydrogen) atoms. The lowest BCUT2D eigenvalue weighted by atomic mass is 9.97. The van der Waals surface area contributed by atoms with E-state index in [1.54, 1.807) is 4.90 Å². The van der Waals surface area contributed by atoms with E-state index in [0.29, 0.717) is 38.9 Å². The first-order valence-corrected chi connectivity index (χ1v) is 9.63. The molecule has 0 radical (unpaired) electrons. The zero-order chi connectivity index (χ0) is 19.2. The lowest BCUT2D eigenvalue weighted by molar-refractivity contribution is -0.143. The van der Waals surface area contributed by atoms with Crippen LogP contribution >= 0.6 is 0 Å². The zero-order valence-electron chi connectivity index (χ0n) is 15.5. The average molecular weight is 373 g/mol. The fraction of sp³-hybridized carbons (Fsp3) is 0.550. The number of carbonyl (C=O) groups excluding carboxylic acids is 2. The zero-order valence-corrected chi connectivity index (χ0v) is 15.5. The van der Waals surface area contributed by atoms with Gasteiger partial charge in [0.05, 0.1) is 12.3 Å². The van der Waals surface area contributed by atoms with Crippen molar-refractivity contribution in [3.05, 3.63) is 35.9 Å². The van der Waals surface area contributed by atoms with Crippen LogP contribution in [-0.2, 0) is 16.0 Å². The van der Waals surface area contributed by atoms with Gasteiger partial charge in [0, 0.05) is 32.2 Å². The molecule has 2 N–H and O–H groups in total. The van der Waals surface area contributed by atoms with Gasteiger partial charge in [-0.2, -0.15) is 0 Å². The van der Waals surface area contributed by atoms with Gasteiger partial charge < -0.3 is 20.2 Å². The summed E-state index contributed by atoms with van der Waals surface area (Å²) in [5.74, 6) is -1.05. The number of carbonyl (C=O) groups is 3. The molecule has 146 valence electrons. The summed E-state index contributed by atoms with van der Waals surface area (Å²) in [6.45, 7) is 2.18. The third-order valence-electron chi connectivity index (χ3n) is 5.43. The largest absolute Gasteiger partial charge is 0.481 e. The van der Waals surface area contributed by atoms with E-state index in [9.17, 15) is 14.4 Å². The minimum atomic E-state index is -0.782. The normalized spacial score (nSPS) is 21.0. The van der Waals surface area contributed by atoms with Gasteiger partial charge in [-0.1, -0.05) is 30.3 Å². The molecule has 1 unspecified atom stereocenters. The molecule has 3 amide bonds. The Kier molecular flexibility index (Phi) is 6.32. The van der Waals surface area contributed by atoms with Crippen molar-refractivity contribution in [3.63, 3.8) is 0 Å². The van der Waals surface area contributed by atoms with Crippen LogP contribution in [0, 0.1) is 5.92 Å². The van der Waals surface area contributed by atoms with Crippen molar-refractivity contribution in [2.75, 3.05) is 26.2 Å². The van der Waals surface area contributed by atoms with Crippen LogP contribution in [-0.4, -0.2) is 65.0 Å². The molecule has 1 atom stereocenters. The van der Waals surface area contributed by atoms with E-state index < -0.39 is 5.97 Å². The maximum Gasteiger partial charge on any atom is 0.317 e. The second kappa shape index (κ2) is 8.88. The number of piperidine rings is 2.